The van der Waals surface area contributed by atoms with Crippen molar-refractivity contribution in [1.29, 1.82) is 0 Å². The van der Waals surface area contributed by atoms with Gasteiger partial charge in [-0.1, -0.05) is 6.92 Å². The van der Waals surface area contributed by atoms with Gasteiger partial charge in [0.05, 0.1) is 6.20 Å². The molecule has 4 heterocycles. The lowest BCUT2D eigenvalue weighted by molar-refractivity contribution is 0.331. The number of hydrogen-bond acceptors (Lipinski definition) is 4. The standard InChI is InChI=1S/C15H18BN3O2/c1-9-2-4-17-7-12(9)11-6-16(20)21-13-8-19-15-10(14(11)13)3-5-18-15/h3,5-6,8-9,12,17,20H,2,4,7H2,1H3,(H,18,19). The van der Waals surface area contributed by atoms with E-state index in [1.807, 2.05) is 18.2 Å². The molecule has 2 unspecified atom stereocenters. The SMILES string of the molecule is CC1CCNCC1C1=CB(O)Oc2cnc3[nH]ccc3c21. The molecule has 0 aliphatic carbocycles. The van der Waals surface area contributed by atoms with E-state index in [0.717, 1.165) is 36.1 Å². The summed E-state index contributed by atoms with van der Waals surface area (Å²) >= 11 is 0. The van der Waals surface area contributed by atoms with Gasteiger partial charge in [-0.15, -0.1) is 0 Å². The normalized spacial score (nSPS) is 25.4. The van der Waals surface area contributed by atoms with Crippen LogP contribution in [0.25, 0.3) is 16.6 Å². The van der Waals surface area contributed by atoms with Crippen LogP contribution < -0.4 is 9.97 Å². The number of hydrogen-bond donors (Lipinski definition) is 3. The molecule has 108 valence electrons. The Morgan fingerprint density at radius 2 is 2.38 bits per heavy atom. The van der Waals surface area contributed by atoms with Crippen molar-refractivity contribution in [1.82, 2.24) is 15.3 Å². The first-order valence-corrected chi connectivity index (χ1v) is 7.47. The van der Waals surface area contributed by atoms with Crippen molar-refractivity contribution in [3.63, 3.8) is 0 Å². The number of rotatable bonds is 1. The number of pyridine rings is 1. The quantitative estimate of drug-likeness (QED) is 0.695. The van der Waals surface area contributed by atoms with E-state index < -0.39 is 7.12 Å². The average molecular weight is 283 g/mol. The Morgan fingerprint density at radius 1 is 1.48 bits per heavy atom. The van der Waals surface area contributed by atoms with Gasteiger partial charge in [-0.25, -0.2) is 4.98 Å². The Hall–Kier alpha value is -1.79. The molecule has 2 aromatic heterocycles. The van der Waals surface area contributed by atoms with E-state index in [1.54, 1.807) is 6.20 Å². The van der Waals surface area contributed by atoms with Gasteiger partial charge >= 0.3 is 7.12 Å². The van der Waals surface area contributed by atoms with Crippen LogP contribution in [0, 0.1) is 11.8 Å². The zero-order valence-electron chi connectivity index (χ0n) is 12.0. The van der Waals surface area contributed by atoms with Gasteiger partial charge in [0, 0.05) is 23.7 Å². The van der Waals surface area contributed by atoms with Gasteiger partial charge < -0.3 is 20.0 Å². The van der Waals surface area contributed by atoms with Crippen molar-refractivity contribution < 1.29 is 9.68 Å². The molecule has 5 nitrogen and oxygen atoms in total. The molecule has 2 atom stereocenters. The molecule has 3 N–H and O–H groups in total. The van der Waals surface area contributed by atoms with Crippen LogP contribution >= 0.6 is 0 Å². The number of aromatic amines is 1. The predicted octanol–water partition coefficient (Wildman–Crippen LogP) is 1.60. The van der Waals surface area contributed by atoms with Crippen molar-refractivity contribution in [3.8, 4) is 5.75 Å². The van der Waals surface area contributed by atoms with Gasteiger partial charge in [0.2, 0.25) is 0 Å². The Morgan fingerprint density at radius 3 is 3.24 bits per heavy atom. The summed E-state index contributed by atoms with van der Waals surface area (Å²) in [6, 6.07) is 2.02. The van der Waals surface area contributed by atoms with E-state index in [9.17, 15) is 5.02 Å². The van der Waals surface area contributed by atoms with Gasteiger partial charge in [-0.3, -0.25) is 0 Å². The lowest BCUT2D eigenvalue weighted by Gasteiger charge is -2.34. The average Bonchev–Trinajstić information content (AvgIpc) is 2.95. The van der Waals surface area contributed by atoms with Crippen LogP contribution in [0.15, 0.2) is 24.4 Å². The molecule has 0 aromatic carbocycles. The molecule has 0 spiro atoms. The summed E-state index contributed by atoms with van der Waals surface area (Å²) < 4.78 is 5.55. The van der Waals surface area contributed by atoms with Crippen LogP contribution in [0.5, 0.6) is 5.75 Å². The molecule has 2 aliphatic heterocycles. The number of nitrogens with zero attached hydrogens (tertiary/aromatic N) is 1. The second-order valence-corrected chi connectivity index (χ2v) is 5.94. The zero-order chi connectivity index (χ0) is 14.4. The lowest BCUT2D eigenvalue weighted by atomic mass is 9.72. The minimum absolute atomic E-state index is 0.386. The first-order valence-electron chi connectivity index (χ1n) is 7.47. The molecular weight excluding hydrogens is 265 g/mol. The molecule has 0 amide bonds. The van der Waals surface area contributed by atoms with Crippen molar-refractivity contribution in [2.75, 3.05) is 13.1 Å². The number of nitrogens with one attached hydrogen (secondary N) is 2. The Labute approximate surface area is 123 Å². The fraction of sp³-hybridized carbons (Fsp3) is 0.400. The summed E-state index contributed by atoms with van der Waals surface area (Å²) in [6.45, 7) is 4.28. The molecule has 1 fully saturated rings. The maximum Gasteiger partial charge on any atom is 0.552 e. The minimum Gasteiger partial charge on any atom is -0.531 e. The van der Waals surface area contributed by atoms with Crippen molar-refractivity contribution in [2.24, 2.45) is 11.8 Å². The van der Waals surface area contributed by atoms with Gasteiger partial charge in [0.15, 0.2) is 0 Å². The first kappa shape index (κ1) is 12.9. The smallest absolute Gasteiger partial charge is 0.531 e. The van der Waals surface area contributed by atoms with Crippen LogP contribution in [0.3, 0.4) is 0 Å². The van der Waals surface area contributed by atoms with Gasteiger partial charge in [0.1, 0.15) is 11.4 Å². The topological polar surface area (TPSA) is 70.2 Å². The summed E-state index contributed by atoms with van der Waals surface area (Å²) in [5.41, 5.74) is 3.11. The van der Waals surface area contributed by atoms with Crippen LogP contribution in [0.2, 0.25) is 0 Å². The van der Waals surface area contributed by atoms with Gasteiger partial charge in [0.25, 0.3) is 0 Å². The lowest BCUT2D eigenvalue weighted by Crippen LogP contribution is -2.37. The van der Waals surface area contributed by atoms with E-state index in [-0.39, 0.29) is 0 Å². The summed E-state index contributed by atoms with van der Waals surface area (Å²) in [6.07, 6.45) is 4.74. The molecule has 0 saturated carbocycles. The molecular formula is C15H18BN3O2. The van der Waals surface area contributed by atoms with E-state index in [4.69, 9.17) is 4.65 Å². The minimum atomic E-state index is -0.889. The van der Waals surface area contributed by atoms with Crippen LogP contribution in [0.1, 0.15) is 18.9 Å². The van der Waals surface area contributed by atoms with Crippen LogP contribution in [-0.4, -0.2) is 35.2 Å². The number of piperidine rings is 1. The van der Waals surface area contributed by atoms with Crippen molar-refractivity contribution in [2.45, 2.75) is 13.3 Å². The van der Waals surface area contributed by atoms with Crippen LogP contribution in [0.4, 0.5) is 0 Å². The first-order chi connectivity index (χ1) is 10.2. The fourth-order valence-corrected chi connectivity index (χ4v) is 3.49. The summed E-state index contributed by atoms with van der Waals surface area (Å²) in [5, 5.41) is 14.5. The fourth-order valence-electron chi connectivity index (χ4n) is 3.49. The van der Waals surface area contributed by atoms with Crippen molar-refractivity contribution >= 4 is 23.7 Å². The third kappa shape index (κ3) is 2.06. The van der Waals surface area contributed by atoms with Gasteiger partial charge in [-0.2, -0.15) is 0 Å². The Bertz CT molecular complexity index is 712. The summed E-state index contributed by atoms with van der Waals surface area (Å²) in [4.78, 5) is 7.50. The maximum atomic E-state index is 10.0. The number of H-pyrrole nitrogens is 1. The van der Waals surface area contributed by atoms with E-state index in [2.05, 4.69) is 22.2 Å². The maximum absolute atomic E-state index is 10.0. The van der Waals surface area contributed by atoms with E-state index >= 15 is 0 Å². The second-order valence-electron chi connectivity index (χ2n) is 5.94. The largest absolute Gasteiger partial charge is 0.552 e. The monoisotopic (exact) mass is 283 g/mol. The van der Waals surface area contributed by atoms with E-state index in [0.29, 0.717) is 17.6 Å². The third-order valence-corrected chi connectivity index (χ3v) is 4.64. The Kier molecular flexibility index (Phi) is 3.01. The molecule has 4 rings (SSSR count). The Balaban J connectivity index is 1.88. The number of fused-ring (bicyclic) bond motifs is 3. The third-order valence-electron chi connectivity index (χ3n) is 4.64. The predicted molar refractivity (Wildman–Crippen MR) is 82.8 cm³/mol. The summed E-state index contributed by atoms with van der Waals surface area (Å²) in [7, 11) is -0.889. The van der Waals surface area contributed by atoms with Crippen molar-refractivity contribution in [3.05, 3.63) is 30.0 Å². The molecule has 6 heteroatoms. The highest BCUT2D eigenvalue weighted by Crippen LogP contribution is 2.42. The number of aromatic nitrogens is 2. The highest BCUT2D eigenvalue weighted by Gasteiger charge is 2.33. The molecule has 0 radical (unpaired) electrons. The molecule has 1 saturated heterocycles. The second kappa shape index (κ2) is 4.89. The summed E-state index contributed by atoms with van der Waals surface area (Å²) in [5.74, 6) is 3.49. The highest BCUT2D eigenvalue weighted by molar-refractivity contribution is 6.52. The van der Waals surface area contributed by atoms with Crippen LogP contribution in [-0.2, 0) is 0 Å². The molecule has 21 heavy (non-hydrogen) atoms. The van der Waals surface area contributed by atoms with Gasteiger partial charge in [-0.05, 0) is 42.4 Å². The molecule has 2 aliphatic rings. The highest BCUT2D eigenvalue weighted by atomic mass is 16.5. The zero-order valence-corrected chi connectivity index (χ0v) is 12.0. The molecule has 2 aromatic rings. The van der Waals surface area contributed by atoms with E-state index in [1.165, 1.54) is 5.57 Å². The molecule has 0 bridgehead atoms.